The molecule has 3 aromatic carbocycles. The Labute approximate surface area is 230 Å². The van der Waals surface area contributed by atoms with Crippen molar-refractivity contribution in [3.8, 4) is 17.2 Å². The SMILES string of the molecule is CCOC(=O)c1cccc(N2C(=O)C(=O)/C(=C(/O)c3cc(Cl)c(OC)cc3OC)C2c2cccc(OC)c2)c1. The molecule has 0 spiro atoms. The zero-order chi connectivity index (χ0) is 28.3. The number of carbonyl (C=O) groups excluding carboxylic acids is 3. The summed E-state index contributed by atoms with van der Waals surface area (Å²) in [4.78, 5) is 40.7. The first-order chi connectivity index (χ1) is 18.7. The molecule has 202 valence electrons. The van der Waals surface area contributed by atoms with E-state index in [1.54, 1.807) is 49.4 Å². The molecule has 10 heteroatoms. The van der Waals surface area contributed by atoms with E-state index < -0.39 is 29.5 Å². The summed E-state index contributed by atoms with van der Waals surface area (Å²) in [6.45, 7) is 1.85. The molecule has 3 aromatic rings. The summed E-state index contributed by atoms with van der Waals surface area (Å²) in [6.07, 6.45) is 0. The zero-order valence-electron chi connectivity index (χ0n) is 21.7. The van der Waals surface area contributed by atoms with Gasteiger partial charge in [0.1, 0.15) is 23.0 Å². The predicted octanol–water partition coefficient (Wildman–Crippen LogP) is 5.17. The average molecular weight is 552 g/mol. The third-order valence-electron chi connectivity index (χ3n) is 6.22. The van der Waals surface area contributed by atoms with E-state index in [2.05, 4.69) is 0 Å². The third-order valence-corrected chi connectivity index (χ3v) is 6.51. The molecule has 1 aliphatic rings. The number of ketones is 1. The van der Waals surface area contributed by atoms with E-state index in [1.807, 2.05) is 0 Å². The fraction of sp³-hybridized carbons (Fsp3) is 0.207. The summed E-state index contributed by atoms with van der Waals surface area (Å²) in [5.74, 6) is -1.96. The number of aliphatic hydroxyl groups is 1. The molecule has 1 fully saturated rings. The summed E-state index contributed by atoms with van der Waals surface area (Å²) in [5.41, 5.74) is 0.831. The van der Waals surface area contributed by atoms with Gasteiger partial charge in [-0.1, -0.05) is 29.8 Å². The Morgan fingerprint density at radius 2 is 1.67 bits per heavy atom. The van der Waals surface area contributed by atoms with Crippen molar-refractivity contribution in [1.82, 2.24) is 0 Å². The third kappa shape index (κ3) is 5.13. The van der Waals surface area contributed by atoms with Crippen molar-refractivity contribution in [2.75, 3.05) is 32.8 Å². The highest BCUT2D eigenvalue weighted by Gasteiger charge is 2.47. The summed E-state index contributed by atoms with van der Waals surface area (Å²) in [7, 11) is 4.31. The van der Waals surface area contributed by atoms with Crippen LogP contribution in [-0.2, 0) is 14.3 Å². The molecule has 0 aliphatic carbocycles. The van der Waals surface area contributed by atoms with Crippen LogP contribution in [0.25, 0.3) is 5.76 Å². The van der Waals surface area contributed by atoms with Crippen molar-refractivity contribution < 1.29 is 38.4 Å². The molecule has 1 aliphatic heterocycles. The average Bonchev–Trinajstić information content (AvgIpc) is 3.22. The van der Waals surface area contributed by atoms with Gasteiger partial charge in [0.05, 0.1) is 55.7 Å². The Bertz CT molecular complexity index is 1480. The number of Topliss-reactive ketones (excluding diaryl/α,β-unsaturated/α-hetero) is 1. The number of nitrogens with zero attached hydrogens (tertiary/aromatic N) is 1. The molecule has 0 aromatic heterocycles. The lowest BCUT2D eigenvalue weighted by molar-refractivity contribution is -0.132. The van der Waals surface area contributed by atoms with Gasteiger partial charge in [-0.15, -0.1) is 0 Å². The molecule has 1 heterocycles. The molecule has 39 heavy (non-hydrogen) atoms. The molecule has 0 bridgehead atoms. The Balaban J connectivity index is 1.98. The van der Waals surface area contributed by atoms with Crippen LogP contribution in [0.4, 0.5) is 5.69 Å². The minimum absolute atomic E-state index is 0.0921. The Morgan fingerprint density at radius 3 is 2.33 bits per heavy atom. The van der Waals surface area contributed by atoms with Gasteiger partial charge in [-0.2, -0.15) is 0 Å². The number of hydrogen-bond donors (Lipinski definition) is 1. The maximum absolute atomic E-state index is 13.5. The van der Waals surface area contributed by atoms with Crippen LogP contribution in [0.5, 0.6) is 17.2 Å². The number of methoxy groups -OCH3 is 3. The van der Waals surface area contributed by atoms with Gasteiger partial charge in [0.2, 0.25) is 0 Å². The Hall–Kier alpha value is -4.50. The van der Waals surface area contributed by atoms with Crippen molar-refractivity contribution >= 4 is 40.7 Å². The largest absolute Gasteiger partial charge is 0.507 e. The van der Waals surface area contributed by atoms with E-state index in [9.17, 15) is 19.5 Å². The van der Waals surface area contributed by atoms with Crippen LogP contribution in [0.1, 0.15) is 34.5 Å². The van der Waals surface area contributed by atoms with E-state index in [0.29, 0.717) is 17.1 Å². The van der Waals surface area contributed by atoms with Gasteiger partial charge >= 0.3 is 5.97 Å². The van der Waals surface area contributed by atoms with Gasteiger partial charge < -0.3 is 24.1 Å². The smallest absolute Gasteiger partial charge is 0.338 e. The number of halogens is 1. The standard InChI is InChI=1S/C29H26ClNO8/c1-5-39-29(35)17-9-6-10-18(12-17)31-25(16-8-7-11-19(13-16)36-2)24(27(33)28(31)34)26(32)20-14-21(30)23(38-4)15-22(20)37-3/h6-15,25,32H,5H2,1-4H3/b26-24+. The monoisotopic (exact) mass is 551 g/mol. The molecular formula is C29H26ClNO8. The second-order valence-corrected chi connectivity index (χ2v) is 8.81. The lowest BCUT2D eigenvalue weighted by atomic mass is 9.94. The highest BCUT2D eigenvalue weighted by atomic mass is 35.5. The van der Waals surface area contributed by atoms with Gasteiger partial charge in [0.15, 0.2) is 0 Å². The highest BCUT2D eigenvalue weighted by molar-refractivity contribution is 6.51. The summed E-state index contributed by atoms with van der Waals surface area (Å²) in [5, 5.41) is 11.7. The van der Waals surface area contributed by atoms with Crippen LogP contribution in [0.15, 0.2) is 66.2 Å². The van der Waals surface area contributed by atoms with Gasteiger partial charge in [-0.25, -0.2) is 4.79 Å². The molecule has 1 atom stereocenters. The first-order valence-corrected chi connectivity index (χ1v) is 12.3. The highest BCUT2D eigenvalue weighted by Crippen LogP contribution is 2.45. The van der Waals surface area contributed by atoms with E-state index in [0.717, 1.165) is 0 Å². The summed E-state index contributed by atoms with van der Waals surface area (Å²) < 4.78 is 21.1. The molecule has 4 rings (SSSR count). The maximum atomic E-state index is 13.5. The van der Waals surface area contributed by atoms with E-state index >= 15 is 0 Å². The van der Waals surface area contributed by atoms with Crippen LogP contribution < -0.4 is 19.1 Å². The number of ether oxygens (including phenoxy) is 4. The van der Waals surface area contributed by atoms with E-state index in [1.165, 1.54) is 44.4 Å². The lowest BCUT2D eigenvalue weighted by Crippen LogP contribution is -2.29. The van der Waals surface area contributed by atoms with Crippen LogP contribution in [-0.4, -0.2) is 50.7 Å². The molecule has 9 nitrogen and oxygen atoms in total. The van der Waals surface area contributed by atoms with Gasteiger partial charge in [0, 0.05) is 11.8 Å². The Kier molecular flexibility index (Phi) is 8.11. The molecule has 1 amide bonds. The number of esters is 1. The van der Waals surface area contributed by atoms with Gasteiger partial charge in [0.25, 0.3) is 11.7 Å². The topological polar surface area (TPSA) is 112 Å². The molecule has 0 saturated carbocycles. The van der Waals surface area contributed by atoms with Crippen LogP contribution in [0.2, 0.25) is 5.02 Å². The minimum atomic E-state index is -1.08. The first kappa shape index (κ1) is 27.5. The number of hydrogen-bond acceptors (Lipinski definition) is 8. The van der Waals surface area contributed by atoms with Crippen LogP contribution >= 0.6 is 11.6 Å². The number of aliphatic hydroxyl groups excluding tert-OH is 1. The van der Waals surface area contributed by atoms with Crippen molar-refractivity contribution in [3.63, 3.8) is 0 Å². The van der Waals surface area contributed by atoms with Crippen molar-refractivity contribution in [3.05, 3.63) is 87.9 Å². The molecule has 1 saturated heterocycles. The fourth-order valence-corrected chi connectivity index (χ4v) is 4.65. The number of carbonyl (C=O) groups is 3. The molecular weight excluding hydrogens is 526 g/mol. The fourth-order valence-electron chi connectivity index (χ4n) is 4.41. The van der Waals surface area contributed by atoms with E-state index in [4.69, 9.17) is 30.5 Å². The molecule has 0 radical (unpaired) electrons. The van der Waals surface area contributed by atoms with Gasteiger partial charge in [-0.3, -0.25) is 14.5 Å². The number of amides is 1. The number of anilines is 1. The Morgan fingerprint density at radius 1 is 0.949 bits per heavy atom. The van der Waals surface area contributed by atoms with Crippen LogP contribution in [0, 0.1) is 0 Å². The maximum Gasteiger partial charge on any atom is 0.338 e. The van der Waals surface area contributed by atoms with Crippen LogP contribution in [0.3, 0.4) is 0 Å². The van der Waals surface area contributed by atoms with Gasteiger partial charge in [-0.05, 0) is 48.9 Å². The zero-order valence-corrected chi connectivity index (χ0v) is 22.4. The number of benzene rings is 3. The minimum Gasteiger partial charge on any atom is -0.507 e. The second kappa shape index (κ2) is 11.5. The number of rotatable bonds is 8. The molecule has 1 unspecified atom stereocenters. The summed E-state index contributed by atoms with van der Waals surface area (Å²) >= 11 is 6.33. The molecule has 1 N–H and O–H groups in total. The normalized spacial score (nSPS) is 16.2. The quantitative estimate of drug-likeness (QED) is 0.177. The van der Waals surface area contributed by atoms with Crippen molar-refractivity contribution in [1.29, 1.82) is 0 Å². The van der Waals surface area contributed by atoms with Crippen molar-refractivity contribution in [2.45, 2.75) is 13.0 Å². The van der Waals surface area contributed by atoms with Crippen molar-refractivity contribution in [2.24, 2.45) is 0 Å². The predicted molar refractivity (Wildman–Crippen MR) is 145 cm³/mol. The second-order valence-electron chi connectivity index (χ2n) is 8.40. The van der Waals surface area contributed by atoms with E-state index in [-0.39, 0.29) is 39.8 Å². The lowest BCUT2D eigenvalue weighted by Gasteiger charge is -2.26. The summed E-state index contributed by atoms with van der Waals surface area (Å²) in [6, 6.07) is 14.7. The first-order valence-electron chi connectivity index (χ1n) is 11.9.